The standard InChI is InChI=1S/C23H36N6O7/c1-13(20(32)28-17(23(35)36)9-10-19(26)31)27-22(34)18(12-14-5-7-15(30)8-6-14)29-21(33)16(25)4-2-3-11-24/h5-8,13,16-18,30H,2-4,9-12,24-25H2,1H3,(H2,26,31)(H,27,34)(H,28,32)(H,29,33)(H,35,36). The van der Waals surface area contributed by atoms with E-state index in [1.165, 1.54) is 19.1 Å². The molecule has 1 aromatic rings. The number of carboxylic acid groups (broad SMARTS) is 1. The van der Waals surface area contributed by atoms with Crippen LogP contribution in [0.15, 0.2) is 24.3 Å². The normalized spacial score (nSPS) is 14.1. The van der Waals surface area contributed by atoms with Gasteiger partial charge in [-0.1, -0.05) is 18.6 Å². The second kappa shape index (κ2) is 15.3. The molecule has 13 heteroatoms. The van der Waals surface area contributed by atoms with E-state index in [0.29, 0.717) is 31.4 Å². The van der Waals surface area contributed by atoms with Gasteiger partial charge in [-0.25, -0.2) is 4.79 Å². The van der Waals surface area contributed by atoms with E-state index in [1.807, 2.05) is 0 Å². The summed E-state index contributed by atoms with van der Waals surface area (Å²) in [4.78, 5) is 60.4. The van der Waals surface area contributed by atoms with Crippen LogP contribution in [0.1, 0.15) is 44.6 Å². The molecule has 0 heterocycles. The summed E-state index contributed by atoms with van der Waals surface area (Å²) >= 11 is 0. The fraction of sp³-hybridized carbons (Fsp3) is 0.522. The van der Waals surface area contributed by atoms with Gasteiger partial charge in [-0.05, 0) is 50.4 Å². The summed E-state index contributed by atoms with van der Waals surface area (Å²) in [5, 5.41) is 26.1. The van der Waals surface area contributed by atoms with Crippen molar-refractivity contribution in [3.8, 4) is 5.75 Å². The van der Waals surface area contributed by atoms with Crippen LogP contribution in [-0.4, -0.2) is 70.5 Å². The minimum atomic E-state index is -1.37. The zero-order valence-electron chi connectivity index (χ0n) is 20.2. The van der Waals surface area contributed by atoms with Gasteiger partial charge in [0, 0.05) is 12.8 Å². The van der Waals surface area contributed by atoms with Crippen LogP contribution in [0, 0.1) is 0 Å². The van der Waals surface area contributed by atoms with Crippen LogP contribution in [0.4, 0.5) is 0 Å². The number of hydrogen-bond donors (Lipinski definition) is 8. The lowest BCUT2D eigenvalue weighted by atomic mass is 10.0. The molecular weight excluding hydrogens is 472 g/mol. The summed E-state index contributed by atoms with van der Waals surface area (Å²) in [6.45, 7) is 1.81. The summed E-state index contributed by atoms with van der Waals surface area (Å²) < 4.78 is 0. The van der Waals surface area contributed by atoms with Crippen LogP contribution in [0.25, 0.3) is 0 Å². The first-order valence-electron chi connectivity index (χ1n) is 11.6. The summed E-state index contributed by atoms with van der Waals surface area (Å²) in [5.74, 6) is -4.10. The largest absolute Gasteiger partial charge is 0.508 e. The van der Waals surface area contributed by atoms with E-state index < -0.39 is 53.8 Å². The average molecular weight is 509 g/mol. The number of rotatable bonds is 16. The van der Waals surface area contributed by atoms with E-state index >= 15 is 0 Å². The lowest BCUT2D eigenvalue weighted by Gasteiger charge is -2.23. The molecule has 0 bridgehead atoms. The van der Waals surface area contributed by atoms with Crippen molar-refractivity contribution in [3.05, 3.63) is 29.8 Å². The van der Waals surface area contributed by atoms with Gasteiger partial charge < -0.3 is 43.4 Å². The summed E-state index contributed by atoms with van der Waals surface area (Å²) in [6, 6.07) is 1.51. The van der Waals surface area contributed by atoms with Gasteiger partial charge in [-0.2, -0.15) is 0 Å². The van der Waals surface area contributed by atoms with Crippen molar-refractivity contribution in [2.75, 3.05) is 6.54 Å². The number of benzene rings is 1. The molecule has 200 valence electrons. The molecule has 4 unspecified atom stereocenters. The SMILES string of the molecule is CC(NC(=O)C(Cc1ccc(O)cc1)NC(=O)C(N)CCCCN)C(=O)NC(CCC(N)=O)C(=O)O. The Morgan fingerprint density at radius 2 is 1.50 bits per heavy atom. The topological polar surface area (TPSA) is 240 Å². The van der Waals surface area contributed by atoms with Gasteiger partial charge in [0.2, 0.25) is 23.6 Å². The molecule has 13 nitrogen and oxygen atoms in total. The zero-order chi connectivity index (χ0) is 27.3. The van der Waals surface area contributed by atoms with Crippen LogP contribution in [0.2, 0.25) is 0 Å². The predicted molar refractivity (Wildman–Crippen MR) is 130 cm³/mol. The molecular formula is C23H36N6O7. The van der Waals surface area contributed by atoms with Crippen LogP contribution in [0.5, 0.6) is 5.75 Å². The number of nitrogens with one attached hydrogen (secondary N) is 3. The molecule has 0 saturated heterocycles. The maximum atomic E-state index is 13.0. The second-order valence-corrected chi connectivity index (χ2v) is 8.46. The highest BCUT2D eigenvalue weighted by molar-refractivity contribution is 5.94. The first-order valence-corrected chi connectivity index (χ1v) is 11.6. The minimum absolute atomic E-state index is 0.0281. The minimum Gasteiger partial charge on any atom is -0.508 e. The highest BCUT2D eigenvalue weighted by Gasteiger charge is 2.28. The highest BCUT2D eigenvalue weighted by Crippen LogP contribution is 2.12. The Morgan fingerprint density at radius 1 is 0.889 bits per heavy atom. The lowest BCUT2D eigenvalue weighted by Crippen LogP contribution is -2.56. The van der Waals surface area contributed by atoms with E-state index in [0.717, 1.165) is 0 Å². The Kier molecular flexibility index (Phi) is 12.9. The monoisotopic (exact) mass is 508 g/mol. The van der Waals surface area contributed by atoms with Crippen molar-refractivity contribution < 1.29 is 34.2 Å². The summed E-state index contributed by atoms with van der Waals surface area (Å²) in [6.07, 6.45) is 1.29. The van der Waals surface area contributed by atoms with Gasteiger partial charge in [-0.15, -0.1) is 0 Å². The predicted octanol–water partition coefficient (Wildman–Crippen LogP) is -1.78. The van der Waals surface area contributed by atoms with Crippen molar-refractivity contribution >= 4 is 29.6 Å². The van der Waals surface area contributed by atoms with Gasteiger partial charge in [-0.3, -0.25) is 19.2 Å². The lowest BCUT2D eigenvalue weighted by molar-refractivity contribution is -0.142. The van der Waals surface area contributed by atoms with E-state index in [-0.39, 0.29) is 25.0 Å². The third-order valence-corrected chi connectivity index (χ3v) is 5.36. The van der Waals surface area contributed by atoms with Gasteiger partial charge in [0.25, 0.3) is 0 Å². The molecule has 4 atom stereocenters. The molecule has 0 saturated carbocycles. The highest BCUT2D eigenvalue weighted by atomic mass is 16.4. The number of aromatic hydroxyl groups is 1. The molecule has 0 aromatic heterocycles. The van der Waals surface area contributed by atoms with Crippen LogP contribution >= 0.6 is 0 Å². The first kappa shape index (κ1) is 30.3. The number of carboxylic acids is 1. The number of hydrogen-bond acceptors (Lipinski definition) is 8. The molecule has 0 radical (unpaired) electrons. The molecule has 0 aliphatic carbocycles. The fourth-order valence-electron chi connectivity index (χ4n) is 3.22. The number of phenols is 1. The van der Waals surface area contributed by atoms with Gasteiger partial charge >= 0.3 is 5.97 Å². The van der Waals surface area contributed by atoms with Crippen LogP contribution < -0.4 is 33.2 Å². The van der Waals surface area contributed by atoms with E-state index in [2.05, 4.69) is 16.0 Å². The Hall–Kier alpha value is -3.71. The Bertz CT molecular complexity index is 909. The maximum Gasteiger partial charge on any atom is 0.326 e. The number of carbonyl (C=O) groups is 5. The average Bonchev–Trinajstić information content (AvgIpc) is 2.81. The third-order valence-electron chi connectivity index (χ3n) is 5.36. The van der Waals surface area contributed by atoms with Gasteiger partial charge in [0.1, 0.15) is 23.9 Å². The van der Waals surface area contributed by atoms with Crippen LogP contribution in [-0.2, 0) is 30.4 Å². The molecule has 36 heavy (non-hydrogen) atoms. The Balaban J connectivity index is 2.90. The van der Waals surface area contributed by atoms with Gasteiger partial charge in [0.15, 0.2) is 0 Å². The van der Waals surface area contributed by atoms with E-state index in [1.54, 1.807) is 12.1 Å². The number of amides is 4. The molecule has 0 fully saturated rings. The molecule has 0 aliphatic rings. The smallest absolute Gasteiger partial charge is 0.326 e. The Morgan fingerprint density at radius 3 is 2.06 bits per heavy atom. The number of carbonyl (C=O) groups excluding carboxylic acids is 4. The van der Waals surface area contributed by atoms with Crippen molar-refractivity contribution in [3.63, 3.8) is 0 Å². The summed E-state index contributed by atoms with van der Waals surface area (Å²) in [7, 11) is 0. The number of phenolic OH excluding ortho intramolecular Hbond substituents is 1. The molecule has 0 aliphatic heterocycles. The maximum absolute atomic E-state index is 13.0. The number of aliphatic carboxylic acids is 1. The molecule has 4 amide bonds. The van der Waals surface area contributed by atoms with Crippen molar-refractivity contribution in [1.29, 1.82) is 0 Å². The van der Waals surface area contributed by atoms with Crippen LogP contribution in [0.3, 0.4) is 0 Å². The van der Waals surface area contributed by atoms with Crippen molar-refractivity contribution in [2.24, 2.45) is 17.2 Å². The molecule has 0 spiro atoms. The molecule has 1 aromatic carbocycles. The van der Waals surface area contributed by atoms with Gasteiger partial charge in [0.05, 0.1) is 6.04 Å². The number of primary amides is 1. The zero-order valence-corrected chi connectivity index (χ0v) is 20.2. The number of unbranched alkanes of at least 4 members (excludes halogenated alkanes) is 1. The Labute approximate surface area is 209 Å². The fourth-order valence-corrected chi connectivity index (χ4v) is 3.22. The van der Waals surface area contributed by atoms with Crippen molar-refractivity contribution in [1.82, 2.24) is 16.0 Å². The quantitative estimate of drug-likeness (QED) is 0.117. The first-order chi connectivity index (χ1) is 16.9. The summed E-state index contributed by atoms with van der Waals surface area (Å²) in [5.41, 5.74) is 17.0. The third kappa shape index (κ3) is 11.1. The van der Waals surface area contributed by atoms with Crippen molar-refractivity contribution in [2.45, 2.75) is 69.6 Å². The second-order valence-electron chi connectivity index (χ2n) is 8.46. The molecule has 1 rings (SSSR count). The number of nitrogens with two attached hydrogens (primary N) is 3. The molecule has 11 N–H and O–H groups in total. The van der Waals surface area contributed by atoms with E-state index in [9.17, 15) is 34.2 Å². The van der Waals surface area contributed by atoms with E-state index in [4.69, 9.17) is 17.2 Å².